The lowest BCUT2D eigenvalue weighted by atomic mass is 10.3. The lowest BCUT2D eigenvalue weighted by Crippen LogP contribution is -2.40. The van der Waals surface area contributed by atoms with Gasteiger partial charge in [0.05, 0.1) is 20.0 Å². The predicted molar refractivity (Wildman–Crippen MR) is 64.9 cm³/mol. The molecule has 0 atom stereocenters. The second-order valence-electron chi connectivity index (χ2n) is 3.78. The average molecular weight is 295 g/mol. The van der Waals surface area contributed by atoms with Crippen molar-refractivity contribution >= 4 is 27.7 Å². The van der Waals surface area contributed by atoms with Crippen molar-refractivity contribution in [3.05, 3.63) is 0 Å². The largest absolute Gasteiger partial charge is 0.468 e. The van der Waals surface area contributed by atoms with Crippen LogP contribution in [0.2, 0.25) is 0 Å². The third-order valence-corrected chi connectivity index (χ3v) is 3.08. The van der Waals surface area contributed by atoms with E-state index in [4.69, 9.17) is 0 Å². The molecular weight excluding hydrogens is 278 g/mol. The Morgan fingerprint density at radius 1 is 1.00 bits per heavy atom. The molecule has 0 N–H and O–H groups in total. The lowest BCUT2D eigenvalue weighted by Gasteiger charge is -2.19. The number of ether oxygens (including phenoxy) is 2. The number of methoxy groups -OCH3 is 2. The topological polar surface area (TPSA) is 107 Å². The number of hydrogen-bond acceptors (Lipinski definition) is 7. The summed E-state index contributed by atoms with van der Waals surface area (Å²) in [5.41, 5.74) is 0. The van der Waals surface area contributed by atoms with Crippen LogP contribution in [-0.2, 0) is 33.7 Å². The summed E-state index contributed by atoms with van der Waals surface area (Å²) in [5.74, 6) is -2.42. The number of hydrogen-bond donors (Lipinski definition) is 0. The van der Waals surface area contributed by atoms with Crippen LogP contribution >= 0.6 is 0 Å². The molecule has 0 bridgehead atoms. The Labute approximate surface area is 111 Å². The van der Waals surface area contributed by atoms with Gasteiger partial charge in [0.25, 0.3) is 0 Å². The van der Waals surface area contributed by atoms with Gasteiger partial charge in [-0.05, 0) is 0 Å². The van der Waals surface area contributed by atoms with E-state index in [0.29, 0.717) is 0 Å². The average Bonchev–Trinajstić information content (AvgIpc) is 2.33. The number of sulfone groups is 1. The van der Waals surface area contributed by atoms with Gasteiger partial charge in [-0.1, -0.05) is 0 Å². The number of nitrogens with zero attached hydrogens (tertiary/aromatic N) is 1. The molecule has 0 spiro atoms. The lowest BCUT2D eigenvalue weighted by molar-refractivity contribution is -0.151. The van der Waals surface area contributed by atoms with Crippen molar-refractivity contribution in [2.24, 2.45) is 0 Å². The molecule has 0 aliphatic rings. The second kappa shape index (κ2) is 7.72. The number of rotatable bonds is 7. The number of carbonyl (C=O) groups excluding carboxylic acids is 3. The highest BCUT2D eigenvalue weighted by Crippen LogP contribution is 1.99. The number of esters is 2. The summed E-state index contributed by atoms with van der Waals surface area (Å²) in [6.45, 7) is -0.873. The quantitative estimate of drug-likeness (QED) is 0.531. The molecule has 0 rings (SSSR count). The molecular formula is C10H17NO7S. The molecule has 19 heavy (non-hydrogen) atoms. The molecule has 0 fully saturated rings. The summed E-state index contributed by atoms with van der Waals surface area (Å²) in [6, 6.07) is 0. The van der Waals surface area contributed by atoms with Crippen LogP contribution < -0.4 is 0 Å². The van der Waals surface area contributed by atoms with E-state index in [-0.39, 0.29) is 12.2 Å². The fourth-order valence-electron chi connectivity index (χ4n) is 1.10. The second-order valence-corrected chi connectivity index (χ2v) is 6.04. The third-order valence-electron chi connectivity index (χ3n) is 2.13. The van der Waals surface area contributed by atoms with Crippen molar-refractivity contribution in [1.82, 2.24) is 4.90 Å². The van der Waals surface area contributed by atoms with Gasteiger partial charge in [-0.15, -0.1) is 0 Å². The SMILES string of the molecule is COC(=O)CN(CC(=O)OC)C(=O)CCS(C)(=O)=O. The first-order valence-electron chi connectivity index (χ1n) is 5.28. The van der Waals surface area contributed by atoms with Gasteiger partial charge >= 0.3 is 11.9 Å². The highest BCUT2D eigenvalue weighted by atomic mass is 32.2. The van der Waals surface area contributed by atoms with Crippen molar-refractivity contribution in [1.29, 1.82) is 0 Å². The summed E-state index contributed by atoms with van der Waals surface area (Å²) in [6.07, 6.45) is 0.679. The Bertz CT molecular complexity index is 425. The molecule has 0 aliphatic carbocycles. The molecule has 0 saturated carbocycles. The van der Waals surface area contributed by atoms with Crippen molar-refractivity contribution < 1.29 is 32.3 Å². The van der Waals surface area contributed by atoms with Gasteiger partial charge in [-0.3, -0.25) is 14.4 Å². The van der Waals surface area contributed by atoms with E-state index in [1.165, 1.54) is 0 Å². The van der Waals surface area contributed by atoms with Crippen molar-refractivity contribution in [3.8, 4) is 0 Å². The van der Waals surface area contributed by atoms with Crippen molar-refractivity contribution in [2.45, 2.75) is 6.42 Å². The zero-order valence-corrected chi connectivity index (χ0v) is 11.9. The van der Waals surface area contributed by atoms with Gasteiger partial charge in [-0.25, -0.2) is 8.42 Å². The molecule has 0 aliphatic heterocycles. The molecule has 0 radical (unpaired) electrons. The van der Waals surface area contributed by atoms with E-state index in [9.17, 15) is 22.8 Å². The fourth-order valence-corrected chi connectivity index (χ4v) is 1.65. The maximum atomic E-state index is 11.7. The van der Waals surface area contributed by atoms with Crippen LogP contribution in [-0.4, -0.2) is 70.5 Å². The molecule has 8 nitrogen and oxygen atoms in total. The summed E-state index contributed by atoms with van der Waals surface area (Å²) >= 11 is 0. The summed E-state index contributed by atoms with van der Waals surface area (Å²) in [5, 5.41) is 0. The maximum absolute atomic E-state index is 11.7. The zero-order valence-electron chi connectivity index (χ0n) is 11.0. The van der Waals surface area contributed by atoms with Gasteiger partial charge in [-0.2, -0.15) is 0 Å². The summed E-state index contributed by atoms with van der Waals surface area (Å²) in [4.78, 5) is 34.9. The minimum Gasteiger partial charge on any atom is -0.468 e. The monoisotopic (exact) mass is 295 g/mol. The van der Waals surface area contributed by atoms with Gasteiger partial charge in [0.1, 0.15) is 22.9 Å². The molecule has 0 unspecified atom stereocenters. The van der Waals surface area contributed by atoms with E-state index < -0.39 is 40.8 Å². The zero-order chi connectivity index (χ0) is 15.1. The van der Waals surface area contributed by atoms with E-state index in [0.717, 1.165) is 25.4 Å². The number of amides is 1. The van der Waals surface area contributed by atoms with Crippen molar-refractivity contribution in [2.75, 3.05) is 39.3 Å². The Balaban J connectivity index is 4.67. The molecule has 0 aromatic carbocycles. The van der Waals surface area contributed by atoms with Gasteiger partial charge in [0.2, 0.25) is 5.91 Å². The first kappa shape index (κ1) is 17.4. The fraction of sp³-hybridized carbons (Fsp3) is 0.700. The van der Waals surface area contributed by atoms with Crippen LogP contribution in [0.5, 0.6) is 0 Å². The molecule has 9 heteroatoms. The first-order chi connectivity index (χ1) is 8.69. The van der Waals surface area contributed by atoms with Crippen molar-refractivity contribution in [3.63, 3.8) is 0 Å². The standard InChI is InChI=1S/C10H17NO7S/c1-17-9(13)6-11(7-10(14)18-2)8(12)4-5-19(3,15)16/h4-7H2,1-3H3. The molecule has 0 aromatic rings. The number of carbonyl (C=O) groups is 3. The van der Waals surface area contributed by atoms with Gasteiger partial charge < -0.3 is 14.4 Å². The Morgan fingerprint density at radius 2 is 1.42 bits per heavy atom. The predicted octanol–water partition coefficient (Wildman–Crippen LogP) is -1.40. The first-order valence-corrected chi connectivity index (χ1v) is 7.34. The molecule has 0 saturated heterocycles. The van der Waals surface area contributed by atoms with Crippen LogP contribution in [0.1, 0.15) is 6.42 Å². The summed E-state index contributed by atoms with van der Waals surface area (Å²) < 4.78 is 30.7. The van der Waals surface area contributed by atoms with Crippen LogP contribution in [0.15, 0.2) is 0 Å². The van der Waals surface area contributed by atoms with Crippen LogP contribution in [0.3, 0.4) is 0 Å². The smallest absolute Gasteiger partial charge is 0.325 e. The van der Waals surface area contributed by atoms with Crippen LogP contribution in [0.4, 0.5) is 0 Å². The Kier molecular flexibility index (Phi) is 7.05. The van der Waals surface area contributed by atoms with Gasteiger partial charge in [0, 0.05) is 12.7 Å². The highest BCUT2D eigenvalue weighted by molar-refractivity contribution is 7.90. The normalized spacial score (nSPS) is 10.7. The molecule has 110 valence electrons. The molecule has 0 aromatic heterocycles. The Morgan fingerprint density at radius 3 is 1.74 bits per heavy atom. The van der Waals surface area contributed by atoms with E-state index in [1.807, 2.05) is 0 Å². The van der Waals surface area contributed by atoms with E-state index in [1.54, 1.807) is 0 Å². The van der Waals surface area contributed by atoms with Crippen LogP contribution in [0, 0.1) is 0 Å². The van der Waals surface area contributed by atoms with Gasteiger partial charge in [0.15, 0.2) is 0 Å². The minimum absolute atomic E-state index is 0.313. The van der Waals surface area contributed by atoms with E-state index >= 15 is 0 Å². The molecule has 0 heterocycles. The van der Waals surface area contributed by atoms with Crippen LogP contribution in [0.25, 0.3) is 0 Å². The minimum atomic E-state index is -3.30. The summed E-state index contributed by atoms with van der Waals surface area (Å²) in [7, 11) is -1.02. The highest BCUT2D eigenvalue weighted by Gasteiger charge is 2.21. The third kappa shape index (κ3) is 8.14. The maximum Gasteiger partial charge on any atom is 0.325 e. The Hall–Kier alpha value is -1.64. The molecule has 1 amide bonds. The van der Waals surface area contributed by atoms with E-state index in [2.05, 4.69) is 9.47 Å².